The van der Waals surface area contributed by atoms with E-state index in [9.17, 15) is 9.59 Å². The highest BCUT2D eigenvalue weighted by Crippen LogP contribution is 2.36. The van der Waals surface area contributed by atoms with Gasteiger partial charge in [-0.3, -0.25) is 9.59 Å². The number of hydrogen-bond donors (Lipinski definition) is 0. The third kappa shape index (κ3) is 4.40. The van der Waals surface area contributed by atoms with Gasteiger partial charge in [-0.1, -0.05) is 35.9 Å². The highest BCUT2D eigenvalue weighted by atomic mass is 35.5. The van der Waals surface area contributed by atoms with Crippen molar-refractivity contribution in [1.29, 1.82) is 0 Å². The minimum absolute atomic E-state index is 0.0438. The van der Waals surface area contributed by atoms with Gasteiger partial charge in [0.05, 0.1) is 23.6 Å². The van der Waals surface area contributed by atoms with Crippen molar-refractivity contribution in [2.45, 2.75) is 25.8 Å². The molecule has 0 N–H and O–H groups in total. The Morgan fingerprint density at radius 1 is 1.14 bits per heavy atom. The molecule has 0 radical (unpaired) electrons. The molecule has 0 saturated carbocycles. The average molecular weight is 415 g/mol. The van der Waals surface area contributed by atoms with Crippen LogP contribution in [-0.4, -0.2) is 54.9 Å². The van der Waals surface area contributed by atoms with E-state index < -0.39 is 0 Å². The van der Waals surface area contributed by atoms with Crippen LogP contribution in [-0.2, 0) is 4.79 Å². The lowest BCUT2D eigenvalue weighted by atomic mass is 9.87. The maximum atomic E-state index is 13.2. The van der Waals surface area contributed by atoms with E-state index in [-0.39, 0.29) is 29.7 Å². The summed E-state index contributed by atoms with van der Waals surface area (Å²) < 4.78 is 5.36. The largest absolute Gasteiger partial charge is 0.497 e. The molecular formula is C23H27ClN2O3. The summed E-state index contributed by atoms with van der Waals surface area (Å²) in [6.45, 7) is 4.79. The molecular weight excluding hydrogens is 388 g/mol. The van der Waals surface area contributed by atoms with Gasteiger partial charge < -0.3 is 14.5 Å². The smallest absolute Gasteiger partial charge is 0.255 e. The number of carbonyl (C=O) groups is 2. The number of methoxy groups -OCH3 is 1. The van der Waals surface area contributed by atoms with Crippen molar-refractivity contribution in [3.63, 3.8) is 0 Å². The highest BCUT2D eigenvalue weighted by molar-refractivity contribution is 6.33. The van der Waals surface area contributed by atoms with Crippen LogP contribution in [0, 0.1) is 5.92 Å². The predicted octanol–water partition coefficient (Wildman–Crippen LogP) is 4.07. The lowest BCUT2D eigenvalue weighted by Crippen LogP contribution is -2.40. The first kappa shape index (κ1) is 21.2. The molecule has 6 heteroatoms. The van der Waals surface area contributed by atoms with E-state index in [1.54, 1.807) is 41.2 Å². The summed E-state index contributed by atoms with van der Waals surface area (Å²) in [5, 5.41) is 0.421. The topological polar surface area (TPSA) is 49.9 Å². The number of rotatable bonds is 5. The Morgan fingerprint density at radius 2 is 1.86 bits per heavy atom. The van der Waals surface area contributed by atoms with Crippen molar-refractivity contribution in [1.82, 2.24) is 9.80 Å². The summed E-state index contributed by atoms with van der Waals surface area (Å²) >= 11 is 6.24. The summed E-state index contributed by atoms with van der Waals surface area (Å²) in [4.78, 5) is 29.8. The summed E-state index contributed by atoms with van der Waals surface area (Å²) in [6, 6.07) is 14.8. The van der Waals surface area contributed by atoms with Crippen molar-refractivity contribution in [3.05, 3.63) is 64.7 Å². The fourth-order valence-corrected chi connectivity index (χ4v) is 3.97. The molecule has 0 aliphatic carbocycles. The number of ether oxygens (including phenoxy) is 1. The molecule has 2 unspecified atom stereocenters. The second-order valence-electron chi connectivity index (χ2n) is 7.72. The molecule has 0 aromatic heterocycles. The third-order valence-electron chi connectivity index (χ3n) is 5.67. The molecule has 2 aromatic carbocycles. The van der Waals surface area contributed by atoms with Gasteiger partial charge in [-0.05, 0) is 43.7 Å². The number of carbonyl (C=O) groups excluding carboxylic acids is 2. The number of halogens is 1. The third-order valence-corrected chi connectivity index (χ3v) is 6.00. The van der Waals surface area contributed by atoms with E-state index in [1.807, 2.05) is 45.2 Å². The van der Waals surface area contributed by atoms with Crippen LogP contribution in [0.25, 0.3) is 0 Å². The Labute approximate surface area is 177 Å². The predicted molar refractivity (Wildman–Crippen MR) is 114 cm³/mol. The van der Waals surface area contributed by atoms with Crippen LogP contribution in [0.15, 0.2) is 48.5 Å². The van der Waals surface area contributed by atoms with Crippen molar-refractivity contribution in [2.75, 3.05) is 27.2 Å². The van der Waals surface area contributed by atoms with E-state index in [2.05, 4.69) is 0 Å². The second-order valence-corrected chi connectivity index (χ2v) is 8.13. The number of hydrogen-bond acceptors (Lipinski definition) is 3. The molecule has 0 spiro atoms. The average Bonchev–Trinajstić information content (AvgIpc) is 3.18. The Hall–Kier alpha value is -2.53. The van der Waals surface area contributed by atoms with E-state index in [0.29, 0.717) is 23.7 Å². The van der Waals surface area contributed by atoms with Crippen LogP contribution < -0.4 is 4.74 Å². The number of nitrogens with zero attached hydrogens (tertiary/aromatic N) is 2. The SMILES string of the molecule is COc1cccc(C2CN(C(=O)c3ccccc3Cl)CC2C(=O)N(C)C(C)C)c1. The standard InChI is InChI=1S/C23H27ClN2O3/c1-15(2)25(3)22(27)20-14-26(23(28)18-10-5-6-11-21(18)24)13-19(20)16-8-7-9-17(12-16)29-4/h5-12,15,19-20H,13-14H2,1-4H3. The van der Waals surface area contributed by atoms with Gasteiger partial charge >= 0.3 is 0 Å². The van der Waals surface area contributed by atoms with E-state index >= 15 is 0 Å². The number of benzene rings is 2. The van der Waals surface area contributed by atoms with Gasteiger partial charge in [-0.2, -0.15) is 0 Å². The van der Waals surface area contributed by atoms with Crippen LogP contribution >= 0.6 is 11.6 Å². The van der Waals surface area contributed by atoms with E-state index in [1.165, 1.54) is 0 Å². The van der Waals surface area contributed by atoms with Crippen molar-refractivity contribution >= 4 is 23.4 Å². The molecule has 1 aliphatic rings. The first-order chi connectivity index (χ1) is 13.8. The molecule has 1 saturated heterocycles. The molecule has 2 amide bonds. The van der Waals surface area contributed by atoms with Crippen molar-refractivity contribution < 1.29 is 14.3 Å². The monoisotopic (exact) mass is 414 g/mol. The normalized spacial score (nSPS) is 18.8. The maximum Gasteiger partial charge on any atom is 0.255 e. The Morgan fingerprint density at radius 3 is 2.52 bits per heavy atom. The van der Waals surface area contributed by atoms with Gasteiger partial charge in [-0.15, -0.1) is 0 Å². The maximum absolute atomic E-state index is 13.2. The lowest BCUT2D eigenvalue weighted by Gasteiger charge is -2.27. The van der Waals surface area contributed by atoms with E-state index in [0.717, 1.165) is 11.3 Å². The van der Waals surface area contributed by atoms with Crippen molar-refractivity contribution in [3.8, 4) is 5.75 Å². The Kier molecular flexibility index (Phi) is 6.48. The fourth-order valence-electron chi connectivity index (χ4n) is 3.75. The minimum atomic E-state index is -0.319. The van der Waals surface area contributed by atoms with Crippen LogP contribution in [0.2, 0.25) is 5.02 Å². The fraction of sp³-hybridized carbons (Fsp3) is 0.391. The zero-order valence-corrected chi connectivity index (χ0v) is 18.0. The summed E-state index contributed by atoms with van der Waals surface area (Å²) in [5.74, 6) is 0.209. The quantitative estimate of drug-likeness (QED) is 0.741. The van der Waals surface area contributed by atoms with Gasteiger partial charge in [0.15, 0.2) is 0 Å². The lowest BCUT2D eigenvalue weighted by molar-refractivity contribution is -0.135. The number of likely N-dealkylation sites (tertiary alicyclic amines) is 1. The van der Waals surface area contributed by atoms with Gasteiger partial charge in [0, 0.05) is 32.1 Å². The van der Waals surface area contributed by atoms with Crippen molar-refractivity contribution in [2.24, 2.45) is 5.92 Å². The zero-order chi connectivity index (χ0) is 21.1. The first-order valence-corrected chi connectivity index (χ1v) is 10.2. The zero-order valence-electron chi connectivity index (χ0n) is 17.3. The minimum Gasteiger partial charge on any atom is -0.497 e. The second kappa shape index (κ2) is 8.87. The molecule has 154 valence electrons. The molecule has 1 fully saturated rings. The van der Waals surface area contributed by atoms with E-state index in [4.69, 9.17) is 16.3 Å². The van der Waals surface area contributed by atoms with Gasteiger partial charge in [0.2, 0.25) is 5.91 Å². The summed E-state index contributed by atoms with van der Waals surface area (Å²) in [6.07, 6.45) is 0. The highest BCUT2D eigenvalue weighted by Gasteiger charge is 2.42. The molecule has 29 heavy (non-hydrogen) atoms. The summed E-state index contributed by atoms with van der Waals surface area (Å²) in [5.41, 5.74) is 1.46. The van der Waals surface area contributed by atoms with Gasteiger partial charge in [-0.25, -0.2) is 0 Å². The molecule has 1 aliphatic heterocycles. The van der Waals surface area contributed by atoms with Gasteiger partial charge in [0.25, 0.3) is 5.91 Å². The van der Waals surface area contributed by atoms with Crippen LogP contribution in [0.1, 0.15) is 35.7 Å². The molecule has 2 aromatic rings. The Bertz CT molecular complexity index is 899. The molecule has 2 atom stereocenters. The van der Waals surface area contributed by atoms with Crippen LogP contribution in [0.4, 0.5) is 0 Å². The van der Waals surface area contributed by atoms with Crippen LogP contribution in [0.3, 0.4) is 0 Å². The van der Waals surface area contributed by atoms with Gasteiger partial charge in [0.1, 0.15) is 5.75 Å². The molecule has 0 bridgehead atoms. The summed E-state index contributed by atoms with van der Waals surface area (Å²) in [7, 11) is 3.43. The molecule has 1 heterocycles. The first-order valence-electron chi connectivity index (χ1n) is 9.78. The molecule has 5 nitrogen and oxygen atoms in total. The molecule has 3 rings (SSSR count). The van der Waals surface area contributed by atoms with Crippen LogP contribution in [0.5, 0.6) is 5.75 Å². The Balaban J connectivity index is 1.94. The number of amides is 2.